The summed E-state index contributed by atoms with van der Waals surface area (Å²) >= 11 is 0. The Morgan fingerprint density at radius 3 is 2.65 bits per heavy atom. The molecule has 1 aliphatic heterocycles. The van der Waals surface area contributed by atoms with Crippen LogP contribution >= 0.6 is 0 Å². The molecule has 4 nitrogen and oxygen atoms in total. The fraction of sp³-hybridized carbons (Fsp3) is 0.562. The average molecular weight is 277 g/mol. The number of rotatable bonds is 3. The predicted octanol–water partition coefficient (Wildman–Crippen LogP) is 2.80. The molecule has 2 atom stereocenters. The van der Waals surface area contributed by atoms with Crippen molar-refractivity contribution >= 4 is 6.09 Å². The van der Waals surface area contributed by atoms with E-state index in [4.69, 9.17) is 4.74 Å². The van der Waals surface area contributed by atoms with Crippen LogP contribution < -0.4 is 0 Å². The van der Waals surface area contributed by atoms with Gasteiger partial charge in [0.2, 0.25) is 0 Å². The van der Waals surface area contributed by atoms with Crippen LogP contribution in [0.2, 0.25) is 0 Å². The van der Waals surface area contributed by atoms with Crippen LogP contribution in [0.5, 0.6) is 0 Å². The summed E-state index contributed by atoms with van der Waals surface area (Å²) in [6, 6.07) is 9.43. The van der Waals surface area contributed by atoms with Crippen LogP contribution in [0.4, 0.5) is 4.79 Å². The zero-order valence-electron chi connectivity index (χ0n) is 12.4. The molecule has 0 bridgehead atoms. The van der Waals surface area contributed by atoms with Gasteiger partial charge in [-0.2, -0.15) is 0 Å². The average Bonchev–Trinajstić information content (AvgIpc) is 2.79. The fourth-order valence-corrected chi connectivity index (χ4v) is 2.72. The Balaban J connectivity index is 1.97. The number of hydrogen-bond donors (Lipinski definition) is 1. The first-order valence-electron chi connectivity index (χ1n) is 7.07. The summed E-state index contributed by atoms with van der Waals surface area (Å²) in [4.78, 5) is 13.9. The van der Waals surface area contributed by atoms with Gasteiger partial charge in [-0.3, -0.25) is 0 Å². The van der Waals surface area contributed by atoms with Gasteiger partial charge in [-0.15, -0.1) is 0 Å². The molecule has 1 heterocycles. The Labute approximate surface area is 120 Å². The SMILES string of the molecule is C[C@@H]1C[C@@H](C(C)(C)O)N(C(=O)OCc2ccccc2)C1. The molecule has 2 rings (SSSR count). The largest absolute Gasteiger partial charge is 0.445 e. The van der Waals surface area contributed by atoms with Crippen molar-refractivity contribution in [1.82, 2.24) is 4.90 Å². The summed E-state index contributed by atoms with van der Waals surface area (Å²) in [5.74, 6) is 0.385. The molecule has 0 aromatic heterocycles. The molecule has 0 spiro atoms. The van der Waals surface area contributed by atoms with Crippen molar-refractivity contribution in [2.45, 2.75) is 45.4 Å². The first-order chi connectivity index (χ1) is 9.38. The second kappa shape index (κ2) is 5.83. The van der Waals surface area contributed by atoms with Crippen molar-refractivity contribution in [2.24, 2.45) is 5.92 Å². The Bertz CT molecular complexity index is 453. The molecule has 1 N–H and O–H groups in total. The minimum absolute atomic E-state index is 0.180. The van der Waals surface area contributed by atoms with Gasteiger partial charge in [0.05, 0.1) is 11.6 Å². The van der Waals surface area contributed by atoms with Crippen LogP contribution in [0.15, 0.2) is 30.3 Å². The molecule has 1 aromatic rings. The molecule has 1 aliphatic rings. The summed E-state index contributed by atoms with van der Waals surface area (Å²) in [5, 5.41) is 10.2. The van der Waals surface area contributed by atoms with E-state index in [9.17, 15) is 9.90 Å². The summed E-state index contributed by atoms with van der Waals surface area (Å²) in [5.41, 5.74) is 0.0594. The van der Waals surface area contributed by atoms with Gasteiger partial charge in [-0.05, 0) is 31.7 Å². The fourth-order valence-electron chi connectivity index (χ4n) is 2.72. The van der Waals surface area contributed by atoms with Crippen molar-refractivity contribution in [2.75, 3.05) is 6.54 Å². The molecule has 0 saturated carbocycles. The van der Waals surface area contributed by atoms with E-state index in [1.807, 2.05) is 30.3 Å². The van der Waals surface area contributed by atoms with Crippen LogP contribution in [-0.2, 0) is 11.3 Å². The second-order valence-corrected chi connectivity index (χ2v) is 6.20. The summed E-state index contributed by atoms with van der Waals surface area (Å²) in [6.07, 6.45) is 0.467. The van der Waals surface area contributed by atoms with E-state index in [0.717, 1.165) is 12.0 Å². The molecule has 1 saturated heterocycles. The highest BCUT2D eigenvalue weighted by molar-refractivity contribution is 5.68. The number of aliphatic hydroxyl groups is 1. The lowest BCUT2D eigenvalue weighted by molar-refractivity contribution is -0.00567. The molecule has 1 amide bonds. The van der Waals surface area contributed by atoms with Crippen LogP contribution in [0.25, 0.3) is 0 Å². The van der Waals surface area contributed by atoms with Crippen molar-refractivity contribution < 1.29 is 14.6 Å². The third-order valence-corrected chi connectivity index (χ3v) is 3.77. The van der Waals surface area contributed by atoms with Crippen molar-refractivity contribution in [3.05, 3.63) is 35.9 Å². The molecule has 110 valence electrons. The van der Waals surface area contributed by atoms with E-state index in [-0.39, 0.29) is 18.7 Å². The first kappa shape index (κ1) is 14.9. The molecule has 1 aromatic carbocycles. The topological polar surface area (TPSA) is 49.8 Å². The highest BCUT2D eigenvalue weighted by Crippen LogP contribution is 2.30. The van der Waals surface area contributed by atoms with Crippen LogP contribution in [-0.4, -0.2) is 34.3 Å². The molecule has 0 aliphatic carbocycles. The lowest BCUT2D eigenvalue weighted by Crippen LogP contribution is -2.48. The smallest absolute Gasteiger partial charge is 0.410 e. The number of benzene rings is 1. The number of ether oxygens (including phenoxy) is 1. The normalized spacial score (nSPS) is 22.9. The maximum absolute atomic E-state index is 12.2. The van der Waals surface area contributed by atoms with Crippen LogP contribution in [0.1, 0.15) is 32.8 Å². The minimum Gasteiger partial charge on any atom is -0.445 e. The van der Waals surface area contributed by atoms with Gasteiger partial charge >= 0.3 is 6.09 Å². The maximum Gasteiger partial charge on any atom is 0.410 e. The monoisotopic (exact) mass is 277 g/mol. The van der Waals surface area contributed by atoms with Gasteiger partial charge in [0.25, 0.3) is 0 Å². The van der Waals surface area contributed by atoms with E-state index in [2.05, 4.69) is 6.92 Å². The van der Waals surface area contributed by atoms with E-state index >= 15 is 0 Å². The maximum atomic E-state index is 12.2. The summed E-state index contributed by atoms with van der Waals surface area (Å²) < 4.78 is 5.36. The van der Waals surface area contributed by atoms with E-state index in [0.29, 0.717) is 12.5 Å². The van der Waals surface area contributed by atoms with Gasteiger partial charge in [0.15, 0.2) is 0 Å². The Morgan fingerprint density at radius 2 is 2.05 bits per heavy atom. The third-order valence-electron chi connectivity index (χ3n) is 3.77. The number of nitrogens with zero attached hydrogens (tertiary/aromatic N) is 1. The number of carbonyl (C=O) groups excluding carboxylic acids is 1. The molecule has 20 heavy (non-hydrogen) atoms. The highest BCUT2D eigenvalue weighted by atomic mass is 16.6. The Hall–Kier alpha value is -1.55. The van der Waals surface area contributed by atoms with E-state index < -0.39 is 5.60 Å². The lowest BCUT2D eigenvalue weighted by atomic mass is 9.94. The Morgan fingerprint density at radius 1 is 1.40 bits per heavy atom. The Kier molecular flexibility index (Phi) is 4.33. The van der Waals surface area contributed by atoms with Crippen molar-refractivity contribution in [3.63, 3.8) is 0 Å². The molecule has 1 fully saturated rings. The second-order valence-electron chi connectivity index (χ2n) is 6.20. The quantitative estimate of drug-likeness (QED) is 0.924. The number of likely N-dealkylation sites (tertiary alicyclic amines) is 1. The van der Waals surface area contributed by atoms with Crippen LogP contribution in [0, 0.1) is 5.92 Å². The summed E-state index contributed by atoms with van der Waals surface area (Å²) in [7, 11) is 0. The number of amides is 1. The molecular weight excluding hydrogens is 254 g/mol. The van der Waals surface area contributed by atoms with Gasteiger partial charge in [-0.1, -0.05) is 37.3 Å². The standard InChI is InChI=1S/C16H23NO3/c1-12-9-14(16(2,3)19)17(10-12)15(18)20-11-13-7-5-4-6-8-13/h4-8,12,14,19H,9-11H2,1-3H3/t12-,14+/m1/s1. The zero-order valence-corrected chi connectivity index (χ0v) is 12.4. The lowest BCUT2D eigenvalue weighted by Gasteiger charge is -2.33. The van der Waals surface area contributed by atoms with Gasteiger partial charge in [0, 0.05) is 6.54 Å². The molecular formula is C16H23NO3. The van der Waals surface area contributed by atoms with Gasteiger partial charge in [-0.25, -0.2) is 4.79 Å². The molecule has 4 heteroatoms. The van der Waals surface area contributed by atoms with Crippen LogP contribution in [0.3, 0.4) is 0 Å². The number of carbonyl (C=O) groups is 1. The number of hydrogen-bond acceptors (Lipinski definition) is 3. The van der Waals surface area contributed by atoms with E-state index in [1.165, 1.54) is 0 Å². The molecule has 0 radical (unpaired) electrons. The first-order valence-corrected chi connectivity index (χ1v) is 7.07. The minimum atomic E-state index is -0.906. The van der Waals surface area contributed by atoms with Gasteiger partial charge in [0.1, 0.15) is 6.61 Å². The highest BCUT2D eigenvalue weighted by Gasteiger charge is 2.42. The zero-order chi connectivity index (χ0) is 14.8. The molecule has 0 unspecified atom stereocenters. The van der Waals surface area contributed by atoms with E-state index in [1.54, 1.807) is 18.7 Å². The van der Waals surface area contributed by atoms with Gasteiger partial charge < -0.3 is 14.7 Å². The van der Waals surface area contributed by atoms with Crippen molar-refractivity contribution in [3.8, 4) is 0 Å². The third kappa shape index (κ3) is 3.51. The summed E-state index contributed by atoms with van der Waals surface area (Å²) in [6.45, 7) is 6.48. The van der Waals surface area contributed by atoms with Crippen molar-refractivity contribution in [1.29, 1.82) is 0 Å². The predicted molar refractivity (Wildman–Crippen MR) is 77.2 cm³/mol.